The summed E-state index contributed by atoms with van der Waals surface area (Å²) < 4.78 is 7.82. The van der Waals surface area contributed by atoms with Gasteiger partial charge >= 0.3 is 0 Å². The fraction of sp³-hybridized carbons (Fsp3) is 0.296. The van der Waals surface area contributed by atoms with Gasteiger partial charge in [-0.1, -0.05) is 18.2 Å². The number of nitrogens with zero attached hydrogens (tertiary/aromatic N) is 3. The Morgan fingerprint density at radius 2 is 1.71 bits per heavy atom. The van der Waals surface area contributed by atoms with Crippen LogP contribution in [-0.2, 0) is 4.79 Å². The maximum Gasteiger partial charge on any atom is 0.298 e. The van der Waals surface area contributed by atoms with Crippen LogP contribution in [0.2, 0.25) is 0 Å². The van der Waals surface area contributed by atoms with Gasteiger partial charge in [-0.05, 0) is 67.5 Å². The van der Waals surface area contributed by atoms with Crippen molar-refractivity contribution in [2.75, 3.05) is 25.0 Å². The molecule has 2 aliphatic rings. The summed E-state index contributed by atoms with van der Waals surface area (Å²) in [5.74, 6) is 3.85. The molecule has 2 aliphatic heterocycles. The van der Waals surface area contributed by atoms with Crippen molar-refractivity contribution in [2.45, 2.75) is 25.3 Å². The van der Waals surface area contributed by atoms with Crippen LogP contribution in [0.15, 0.2) is 54.6 Å². The number of hydrogen-bond acceptors (Lipinski definition) is 5. The number of nitrogens with one attached hydrogen (secondary N) is 1. The number of aromatic nitrogens is 2. The van der Waals surface area contributed by atoms with Crippen LogP contribution in [-0.4, -0.2) is 46.1 Å². The molecule has 2 amide bonds. The highest BCUT2D eigenvalue weighted by Gasteiger charge is 2.35. The lowest BCUT2D eigenvalue weighted by Crippen LogP contribution is -2.41. The van der Waals surface area contributed by atoms with Gasteiger partial charge in [-0.25, -0.2) is 4.68 Å². The molecule has 3 aromatic rings. The van der Waals surface area contributed by atoms with Crippen LogP contribution in [0, 0.1) is 18.3 Å². The molecule has 8 heteroatoms. The van der Waals surface area contributed by atoms with E-state index in [4.69, 9.17) is 22.0 Å². The van der Waals surface area contributed by atoms with Gasteiger partial charge in [0.15, 0.2) is 0 Å². The molecule has 1 aromatic heterocycles. The largest absolute Gasteiger partial charge is 0.457 e. The summed E-state index contributed by atoms with van der Waals surface area (Å²) in [6.45, 7) is 1.99. The lowest BCUT2D eigenvalue weighted by Gasteiger charge is -2.37. The summed E-state index contributed by atoms with van der Waals surface area (Å²) in [5, 5.41) is 8.22. The Kier molecular flexibility index (Phi) is 6.15. The summed E-state index contributed by atoms with van der Waals surface area (Å²) in [6.07, 6.45) is 7.83. The number of rotatable bonds is 5. The van der Waals surface area contributed by atoms with E-state index in [1.807, 2.05) is 59.3 Å². The number of nitrogens with two attached hydrogens (primary N) is 1. The minimum Gasteiger partial charge on any atom is -0.457 e. The SMILES string of the molecule is C#CC(=O)N1CCC([C@@H]2CCNc3c(C(N)=O)c(-c4ccc(Oc5ccccc5)cc4)nn32)CC1. The zero-order valence-corrected chi connectivity index (χ0v) is 19.3. The monoisotopic (exact) mass is 469 g/mol. The van der Waals surface area contributed by atoms with Gasteiger partial charge in [0.2, 0.25) is 0 Å². The third kappa shape index (κ3) is 4.45. The van der Waals surface area contributed by atoms with E-state index in [2.05, 4.69) is 11.2 Å². The molecule has 0 aliphatic carbocycles. The number of likely N-dealkylation sites (tertiary alicyclic amines) is 1. The van der Waals surface area contributed by atoms with E-state index >= 15 is 0 Å². The van der Waals surface area contributed by atoms with Crippen LogP contribution in [0.1, 0.15) is 35.7 Å². The van der Waals surface area contributed by atoms with Crippen LogP contribution in [0.25, 0.3) is 11.3 Å². The molecule has 1 fully saturated rings. The van der Waals surface area contributed by atoms with Crippen LogP contribution < -0.4 is 15.8 Å². The van der Waals surface area contributed by atoms with Crippen LogP contribution >= 0.6 is 0 Å². The minimum atomic E-state index is -0.520. The number of benzene rings is 2. The fourth-order valence-electron chi connectivity index (χ4n) is 5.06. The second-order valence-corrected chi connectivity index (χ2v) is 8.88. The van der Waals surface area contributed by atoms with Gasteiger partial charge in [0.25, 0.3) is 11.8 Å². The summed E-state index contributed by atoms with van der Waals surface area (Å²) in [4.78, 5) is 26.1. The van der Waals surface area contributed by atoms with E-state index in [1.165, 1.54) is 0 Å². The number of primary amides is 1. The molecule has 0 unspecified atom stereocenters. The molecule has 3 heterocycles. The first-order valence-corrected chi connectivity index (χ1v) is 11.8. The summed E-state index contributed by atoms with van der Waals surface area (Å²) in [5.41, 5.74) is 7.56. The Labute approximate surface area is 204 Å². The highest BCUT2D eigenvalue weighted by atomic mass is 16.5. The molecule has 0 saturated carbocycles. The quantitative estimate of drug-likeness (QED) is 0.555. The number of ether oxygens (including phenoxy) is 1. The molecular weight excluding hydrogens is 442 g/mol. The predicted molar refractivity (Wildman–Crippen MR) is 133 cm³/mol. The topological polar surface area (TPSA) is 102 Å². The summed E-state index contributed by atoms with van der Waals surface area (Å²) >= 11 is 0. The van der Waals surface area contributed by atoms with E-state index < -0.39 is 5.91 Å². The van der Waals surface area contributed by atoms with E-state index in [1.54, 1.807) is 4.90 Å². The van der Waals surface area contributed by atoms with Gasteiger partial charge < -0.3 is 20.7 Å². The van der Waals surface area contributed by atoms with Crippen molar-refractivity contribution in [3.05, 3.63) is 60.2 Å². The molecule has 0 bridgehead atoms. The average molecular weight is 470 g/mol. The van der Waals surface area contributed by atoms with E-state index in [0.29, 0.717) is 41.8 Å². The molecule has 3 N–H and O–H groups in total. The lowest BCUT2D eigenvalue weighted by molar-refractivity contribution is -0.126. The van der Waals surface area contributed by atoms with Crippen molar-refractivity contribution >= 4 is 17.6 Å². The predicted octanol–water partition coefficient (Wildman–Crippen LogP) is 3.67. The summed E-state index contributed by atoms with van der Waals surface area (Å²) in [7, 11) is 0. The van der Waals surface area contributed by atoms with Crippen molar-refractivity contribution in [3.8, 4) is 35.1 Å². The highest BCUT2D eigenvalue weighted by Crippen LogP contribution is 2.40. The number of hydrogen-bond donors (Lipinski definition) is 2. The molecule has 1 saturated heterocycles. The molecule has 178 valence electrons. The Morgan fingerprint density at radius 3 is 2.37 bits per heavy atom. The van der Waals surface area contributed by atoms with Crippen molar-refractivity contribution in [3.63, 3.8) is 0 Å². The van der Waals surface area contributed by atoms with Crippen LogP contribution in [0.3, 0.4) is 0 Å². The average Bonchev–Trinajstić information content (AvgIpc) is 3.29. The second-order valence-electron chi connectivity index (χ2n) is 8.88. The zero-order valence-electron chi connectivity index (χ0n) is 19.3. The Morgan fingerprint density at radius 1 is 1.03 bits per heavy atom. The van der Waals surface area contributed by atoms with Crippen LogP contribution in [0.5, 0.6) is 11.5 Å². The number of terminal acetylenes is 1. The third-order valence-electron chi connectivity index (χ3n) is 6.80. The van der Waals surface area contributed by atoms with E-state index in [-0.39, 0.29) is 11.9 Å². The molecule has 0 spiro atoms. The number of anilines is 1. The van der Waals surface area contributed by atoms with Gasteiger partial charge in [0.05, 0.1) is 6.04 Å². The van der Waals surface area contributed by atoms with E-state index in [0.717, 1.165) is 37.1 Å². The zero-order chi connectivity index (χ0) is 24.4. The fourth-order valence-corrected chi connectivity index (χ4v) is 5.06. The smallest absolute Gasteiger partial charge is 0.298 e. The summed E-state index contributed by atoms with van der Waals surface area (Å²) in [6, 6.07) is 17.1. The number of fused-ring (bicyclic) bond motifs is 1. The molecule has 1 atom stereocenters. The maximum absolute atomic E-state index is 12.5. The van der Waals surface area contributed by atoms with Crippen LogP contribution in [0.4, 0.5) is 5.82 Å². The second kappa shape index (κ2) is 9.55. The molecule has 8 nitrogen and oxygen atoms in total. The number of carbonyl (C=O) groups excluding carboxylic acids is 2. The lowest BCUT2D eigenvalue weighted by atomic mass is 9.87. The molecule has 5 rings (SSSR count). The van der Waals surface area contributed by atoms with E-state index in [9.17, 15) is 9.59 Å². The molecule has 35 heavy (non-hydrogen) atoms. The third-order valence-corrected chi connectivity index (χ3v) is 6.80. The molecule has 0 radical (unpaired) electrons. The Balaban J connectivity index is 1.41. The van der Waals surface area contributed by atoms with Crippen molar-refractivity contribution < 1.29 is 14.3 Å². The molecular formula is C27H27N5O3. The van der Waals surface area contributed by atoms with Gasteiger partial charge in [-0.2, -0.15) is 5.10 Å². The van der Waals surface area contributed by atoms with Crippen molar-refractivity contribution in [1.82, 2.24) is 14.7 Å². The number of carbonyl (C=O) groups is 2. The number of para-hydroxylation sites is 1. The molecule has 2 aromatic carbocycles. The minimum absolute atomic E-state index is 0.113. The van der Waals surface area contributed by atoms with Crippen molar-refractivity contribution in [2.24, 2.45) is 11.7 Å². The normalized spacial score (nSPS) is 17.7. The maximum atomic E-state index is 12.5. The van der Waals surface area contributed by atoms with Crippen molar-refractivity contribution in [1.29, 1.82) is 0 Å². The van der Waals surface area contributed by atoms with Gasteiger partial charge in [0.1, 0.15) is 28.6 Å². The van der Waals surface area contributed by atoms with Gasteiger partial charge in [-0.3, -0.25) is 9.59 Å². The first kappa shape index (κ1) is 22.5. The number of piperidine rings is 1. The first-order chi connectivity index (χ1) is 17.0. The number of amides is 2. The van der Waals surface area contributed by atoms with Gasteiger partial charge in [0, 0.05) is 25.2 Å². The first-order valence-electron chi connectivity index (χ1n) is 11.8. The highest BCUT2D eigenvalue weighted by molar-refractivity contribution is 6.03. The van der Waals surface area contributed by atoms with Gasteiger partial charge in [-0.15, -0.1) is 6.42 Å². The Bertz CT molecular complexity index is 1270. The standard InChI is InChI=1S/C27H27N5O3/c1-2-23(33)31-16-13-18(14-17-31)22-12-15-29-27-24(26(28)34)25(30-32(22)27)19-8-10-21(11-9-19)35-20-6-4-3-5-7-20/h1,3-11,18,22,29H,12-17H2,(H2,28,34)/t22-/m0/s1. The Hall–Kier alpha value is -4.25.